The zero-order chi connectivity index (χ0) is 42.9. The minimum atomic E-state index is -4.57. The van der Waals surface area contributed by atoms with Gasteiger partial charge in [-0.1, -0.05) is 24.3 Å². The quantitative estimate of drug-likeness (QED) is 0.102. The number of nitrogens with zero attached hydrogens (tertiary/aromatic N) is 11. The number of fused-ring (bicyclic) bond motifs is 2. The van der Waals surface area contributed by atoms with Crippen molar-refractivity contribution in [2.45, 2.75) is 25.4 Å². The second-order valence-electron chi connectivity index (χ2n) is 13.0. The van der Waals surface area contributed by atoms with Gasteiger partial charge < -0.3 is 22.9 Å². The number of halogens is 6. The van der Waals surface area contributed by atoms with Crippen LogP contribution in [0.4, 0.5) is 49.6 Å². The molecule has 21 heteroatoms. The van der Waals surface area contributed by atoms with Crippen LogP contribution in [0.25, 0.3) is 44.7 Å². The standard InChI is InChI=1S/C20H14F3N7.C19H13F3N8/c21-20(22,23)15-7-12(4-5-16(15)25)10-30-18-14(9-27-30)17(28-19(26)29-18)13-3-1-2-11(6-13)8-24;20-19(21,22)13-5-11(1-2-14(13)24)9-30-17-12(8-27-30)16(28-18(25)29-17)15-6-10(7-23)3-4-26-15/h1-7,9H,10,25H2,(H2,26,28,29);1-6,8H,9,24H2,(H2,25,28,29). The van der Waals surface area contributed by atoms with Gasteiger partial charge in [0, 0.05) is 23.1 Å². The average molecular weight is 820 g/mol. The molecule has 8 rings (SSSR count). The number of nitriles is 2. The number of anilines is 4. The van der Waals surface area contributed by atoms with E-state index >= 15 is 0 Å². The van der Waals surface area contributed by atoms with Crippen LogP contribution in [0.3, 0.4) is 0 Å². The third-order valence-electron chi connectivity index (χ3n) is 8.93. The van der Waals surface area contributed by atoms with Crippen LogP contribution in [0, 0.1) is 22.7 Å². The molecule has 0 aliphatic carbocycles. The summed E-state index contributed by atoms with van der Waals surface area (Å²) in [7, 11) is 0. The summed E-state index contributed by atoms with van der Waals surface area (Å²) in [5, 5.41) is 27.8. The number of hydrogen-bond acceptors (Lipinski definition) is 13. The molecule has 0 spiro atoms. The first-order chi connectivity index (χ1) is 28.5. The first kappa shape index (κ1) is 39.9. The highest BCUT2D eigenvalue weighted by Crippen LogP contribution is 2.36. The Bertz CT molecular complexity index is 2810. The van der Waals surface area contributed by atoms with Crippen LogP contribution < -0.4 is 22.9 Å². The van der Waals surface area contributed by atoms with Crippen LogP contribution in [0.5, 0.6) is 0 Å². The molecular weight excluding hydrogens is 793 g/mol. The lowest BCUT2D eigenvalue weighted by atomic mass is 10.1. The third-order valence-corrected chi connectivity index (χ3v) is 8.93. The average Bonchev–Trinajstić information content (AvgIpc) is 3.81. The van der Waals surface area contributed by atoms with Gasteiger partial charge in [0.1, 0.15) is 5.69 Å². The number of alkyl halides is 6. The zero-order valence-corrected chi connectivity index (χ0v) is 30.6. The minimum Gasteiger partial charge on any atom is -0.398 e. The molecule has 300 valence electrons. The van der Waals surface area contributed by atoms with Crippen LogP contribution in [-0.4, -0.2) is 44.5 Å². The Kier molecular flexibility index (Phi) is 10.3. The van der Waals surface area contributed by atoms with Crippen molar-refractivity contribution in [3.8, 4) is 34.8 Å². The molecule has 5 aromatic heterocycles. The van der Waals surface area contributed by atoms with E-state index in [1.54, 1.807) is 36.4 Å². The summed E-state index contributed by atoms with van der Waals surface area (Å²) >= 11 is 0. The Balaban J connectivity index is 0.000000181. The van der Waals surface area contributed by atoms with Crippen molar-refractivity contribution < 1.29 is 26.3 Å². The predicted octanol–water partition coefficient (Wildman–Crippen LogP) is 6.59. The van der Waals surface area contributed by atoms with E-state index < -0.39 is 23.5 Å². The van der Waals surface area contributed by atoms with Crippen molar-refractivity contribution in [2.75, 3.05) is 22.9 Å². The van der Waals surface area contributed by atoms with E-state index in [0.717, 1.165) is 12.1 Å². The van der Waals surface area contributed by atoms with Crippen molar-refractivity contribution in [1.29, 1.82) is 10.5 Å². The molecular formula is C39H27F6N15. The maximum Gasteiger partial charge on any atom is 0.418 e. The van der Waals surface area contributed by atoms with Gasteiger partial charge in [-0.3, -0.25) is 4.98 Å². The maximum absolute atomic E-state index is 13.2. The molecule has 0 fully saturated rings. The zero-order valence-electron chi connectivity index (χ0n) is 30.6. The summed E-state index contributed by atoms with van der Waals surface area (Å²) in [6, 6.07) is 21.4. The first-order valence-electron chi connectivity index (χ1n) is 17.3. The lowest BCUT2D eigenvalue weighted by Crippen LogP contribution is -2.11. The molecule has 0 unspecified atom stereocenters. The van der Waals surface area contributed by atoms with Gasteiger partial charge in [-0.05, 0) is 59.7 Å². The Hall–Kier alpha value is -8.33. The summed E-state index contributed by atoms with van der Waals surface area (Å²) in [6.07, 6.45) is -4.66. The van der Waals surface area contributed by atoms with Crippen molar-refractivity contribution in [2.24, 2.45) is 0 Å². The van der Waals surface area contributed by atoms with Crippen molar-refractivity contribution in [3.63, 3.8) is 0 Å². The molecule has 0 saturated carbocycles. The van der Waals surface area contributed by atoms with Crippen molar-refractivity contribution in [1.82, 2.24) is 44.5 Å². The van der Waals surface area contributed by atoms with E-state index in [0.29, 0.717) is 67.0 Å². The van der Waals surface area contributed by atoms with Crippen LogP contribution in [-0.2, 0) is 25.4 Å². The predicted molar refractivity (Wildman–Crippen MR) is 207 cm³/mol. The molecule has 3 aromatic carbocycles. The molecule has 0 radical (unpaired) electrons. The fourth-order valence-electron chi connectivity index (χ4n) is 6.20. The van der Waals surface area contributed by atoms with Crippen LogP contribution >= 0.6 is 0 Å². The van der Waals surface area contributed by atoms with Gasteiger partial charge in [-0.25, -0.2) is 19.3 Å². The van der Waals surface area contributed by atoms with Gasteiger partial charge in [-0.2, -0.15) is 57.0 Å². The fourth-order valence-corrected chi connectivity index (χ4v) is 6.20. The van der Waals surface area contributed by atoms with E-state index in [-0.39, 0.29) is 36.4 Å². The molecule has 0 aliphatic heterocycles. The highest BCUT2D eigenvalue weighted by atomic mass is 19.4. The largest absolute Gasteiger partial charge is 0.418 e. The lowest BCUT2D eigenvalue weighted by Gasteiger charge is -2.12. The first-order valence-corrected chi connectivity index (χ1v) is 17.3. The number of pyridine rings is 1. The van der Waals surface area contributed by atoms with E-state index in [2.05, 4.69) is 41.2 Å². The number of nitrogens with two attached hydrogens (primary N) is 4. The molecule has 8 N–H and O–H groups in total. The molecule has 0 amide bonds. The minimum absolute atomic E-state index is 0.00835. The molecule has 15 nitrogen and oxygen atoms in total. The molecule has 8 aromatic rings. The monoisotopic (exact) mass is 819 g/mol. The fraction of sp³-hybridized carbons (Fsp3) is 0.103. The lowest BCUT2D eigenvalue weighted by molar-refractivity contribution is -0.137. The second-order valence-corrected chi connectivity index (χ2v) is 13.0. The summed E-state index contributed by atoms with van der Waals surface area (Å²) in [5.74, 6) is -0.0772. The summed E-state index contributed by atoms with van der Waals surface area (Å²) in [4.78, 5) is 21.1. The third kappa shape index (κ3) is 8.22. The SMILES string of the molecule is N#Cc1cccc(-c2nc(N)nc3c2cnn3Cc2ccc(N)c(C(F)(F)F)c2)c1.N#Cc1ccnc(-c2nc(N)nc3c2cnn3Cc2ccc(N)c(C(F)(F)F)c2)c1. The summed E-state index contributed by atoms with van der Waals surface area (Å²) in [5.41, 5.74) is 24.2. The highest BCUT2D eigenvalue weighted by Gasteiger charge is 2.34. The Labute approximate surface area is 334 Å². The number of aromatic nitrogens is 9. The molecule has 0 atom stereocenters. The topological polar surface area (TPSA) is 252 Å². The normalized spacial score (nSPS) is 11.5. The van der Waals surface area contributed by atoms with Crippen LogP contribution in [0.15, 0.2) is 91.4 Å². The van der Waals surface area contributed by atoms with E-state index in [1.807, 2.05) is 6.07 Å². The van der Waals surface area contributed by atoms with Crippen molar-refractivity contribution in [3.05, 3.63) is 125 Å². The van der Waals surface area contributed by atoms with Gasteiger partial charge in [0.2, 0.25) is 11.9 Å². The van der Waals surface area contributed by atoms with Gasteiger partial charge in [0.05, 0.1) is 82.0 Å². The second kappa shape index (κ2) is 15.5. The van der Waals surface area contributed by atoms with E-state index in [1.165, 1.54) is 52.2 Å². The Morgan fingerprint density at radius 3 is 1.60 bits per heavy atom. The Morgan fingerprint density at radius 1 is 0.583 bits per heavy atom. The smallest absolute Gasteiger partial charge is 0.398 e. The molecule has 60 heavy (non-hydrogen) atoms. The van der Waals surface area contributed by atoms with Gasteiger partial charge >= 0.3 is 12.4 Å². The van der Waals surface area contributed by atoms with E-state index in [4.69, 9.17) is 33.5 Å². The summed E-state index contributed by atoms with van der Waals surface area (Å²) in [6.45, 7) is 0.0371. The molecule has 5 heterocycles. The maximum atomic E-state index is 13.2. The van der Waals surface area contributed by atoms with E-state index in [9.17, 15) is 26.3 Å². The molecule has 0 bridgehead atoms. The number of rotatable bonds is 6. The van der Waals surface area contributed by atoms with Crippen LogP contribution in [0.1, 0.15) is 33.4 Å². The van der Waals surface area contributed by atoms with Gasteiger partial charge in [-0.15, -0.1) is 0 Å². The van der Waals surface area contributed by atoms with Crippen LogP contribution in [0.2, 0.25) is 0 Å². The number of benzene rings is 3. The molecule has 0 saturated heterocycles. The van der Waals surface area contributed by atoms with Gasteiger partial charge in [0.15, 0.2) is 11.3 Å². The number of hydrogen-bond donors (Lipinski definition) is 4. The van der Waals surface area contributed by atoms with Gasteiger partial charge in [0.25, 0.3) is 0 Å². The summed E-state index contributed by atoms with van der Waals surface area (Å²) < 4.78 is 81.8. The highest BCUT2D eigenvalue weighted by molar-refractivity contribution is 5.91. The number of nitrogen functional groups attached to an aromatic ring is 4. The Morgan fingerprint density at radius 2 is 1.08 bits per heavy atom. The molecule has 0 aliphatic rings. The van der Waals surface area contributed by atoms with Crippen molar-refractivity contribution >= 4 is 45.3 Å².